The Morgan fingerprint density at radius 3 is 2.57 bits per heavy atom. The van der Waals surface area contributed by atoms with Crippen molar-refractivity contribution in [1.29, 1.82) is 0 Å². The number of amides is 1. The van der Waals surface area contributed by atoms with Gasteiger partial charge in [-0.25, -0.2) is 0 Å². The van der Waals surface area contributed by atoms with E-state index in [2.05, 4.69) is 40.5 Å². The molecule has 0 bridgehead atoms. The van der Waals surface area contributed by atoms with E-state index < -0.39 is 0 Å². The summed E-state index contributed by atoms with van der Waals surface area (Å²) in [4.78, 5) is 16.8. The fourth-order valence-corrected chi connectivity index (χ4v) is 3.27. The van der Waals surface area contributed by atoms with Gasteiger partial charge in [0, 0.05) is 45.2 Å². The molecule has 0 spiro atoms. The third-order valence-electron chi connectivity index (χ3n) is 4.56. The molecule has 4 nitrogen and oxygen atoms in total. The number of nitrogens with zero attached hydrogens (tertiary/aromatic N) is 2. The monoisotopic (exact) mass is 287 g/mol. The summed E-state index contributed by atoms with van der Waals surface area (Å²) in [6, 6.07) is 11.0. The molecule has 4 heteroatoms. The van der Waals surface area contributed by atoms with Crippen molar-refractivity contribution < 1.29 is 4.79 Å². The van der Waals surface area contributed by atoms with Crippen LogP contribution in [-0.2, 0) is 11.3 Å². The van der Waals surface area contributed by atoms with E-state index in [4.69, 9.17) is 0 Å². The molecular weight excluding hydrogens is 262 g/mol. The summed E-state index contributed by atoms with van der Waals surface area (Å²) in [7, 11) is 0. The molecule has 0 aliphatic carbocycles. The minimum absolute atomic E-state index is 0.328. The molecule has 1 amide bonds. The second kappa shape index (κ2) is 7.05. The predicted molar refractivity (Wildman–Crippen MR) is 83.9 cm³/mol. The molecule has 1 atom stereocenters. The minimum atomic E-state index is 0.328. The number of rotatable bonds is 4. The van der Waals surface area contributed by atoms with E-state index in [1.54, 1.807) is 0 Å². The summed E-state index contributed by atoms with van der Waals surface area (Å²) in [5.74, 6) is 0.328. The smallest absolute Gasteiger partial charge is 0.224 e. The second-order valence-corrected chi connectivity index (χ2v) is 6.14. The summed E-state index contributed by atoms with van der Waals surface area (Å²) in [5, 5.41) is 3.41. The molecule has 1 aromatic carbocycles. The normalized spacial score (nSPS) is 23.4. The first-order chi connectivity index (χ1) is 10.3. The van der Waals surface area contributed by atoms with Gasteiger partial charge in [-0.15, -0.1) is 0 Å². The molecule has 2 saturated heterocycles. The van der Waals surface area contributed by atoms with Gasteiger partial charge in [0.1, 0.15) is 0 Å². The van der Waals surface area contributed by atoms with Crippen LogP contribution in [0.15, 0.2) is 30.3 Å². The zero-order chi connectivity index (χ0) is 14.5. The minimum Gasteiger partial charge on any atom is -0.340 e. The fourth-order valence-electron chi connectivity index (χ4n) is 3.27. The molecule has 3 rings (SSSR count). The summed E-state index contributed by atoms with van der Waals surface area (Å²) >= 11 is 0. The lowest BCUT2D eigenvalue weighted by molar-refractivity contribution is -0.133. The Balaban J connectivity index is 1.43. The average molecular weight is 287 g/mol. The van der Waals surface area contributed by atoms with Gasteiger partial charge in [-0.3, -0.25) is 9.69 Å². The Kier molecular flexibility index (Phi) is 4.88. The van der Waals surface area contributed by atoms with Gasteiger partial charge >= 0.3 is 0 Å². The number of piperazine rings is 1. The Labute approximate surface area is 127 Å². The highest BCUT2D eigenvalue weighted by molar-refractivity contribution is 5.77. The molecule has 21 heavy (non-hydrogen) atoms. The van der Waals surface area contributed by atoms with Crippen molar-refractivity contribution in [2.24, 2.45) is 0 Å². The van der Waals surface area contributed by atoms with Crippen LogP contribution in [0.4, 0.5) is 0 Å². The van der Waals surface area contributed by atoms with Crippen LogP contribution in [0.1, 0.15) is 24.8 Å². The van der Waals surface area contributed by atoms with E-state index in [0.29, 0.717) is 18.4 Å². The maximum atomic E-state index is 12.3. The number of benzene rings is 1. The van der Waals surface area contributed by atoms with Crippen LogP contribution in [0.5, 0.6) is 0 Å². The maximum absolute atomic E-state index is 12.3. The van der Waals surface area contributed by atoms with E-state index in [9.17, 15) is 4.79 Å². The van der Waals surface area contributed by atoms with Crippen molar-refractivity contribution >= 4 is 5.91 Å². The first kappa shape index (κ1) is 14.5. The van der Waals surface area contributed by atoms with Crippen molar-refractivity contribution in [3.8, 4) is 0 Å². The average Bonchev–Trinajstić information content (AvgIpc) is 3.02. The van der Waals surface area contributed by atoms with E-state index >= 15 is 0 Å². The molecule has 1 unspecified atom stereocenters. The largest absolute Gasteiger partial charge is 0.340 e. The number of nitrogens with one attached hydrogen (secondary N) is 1. The lowest BCUT2D eigenvalue weighted by atomic mass is 10.1. The lowest BCUT2D eigenvalue weighted by Gasteiger charge is -2.35. The maximum Gasteiger partial charge on any atom is 0.224 e. The first-order valence-corrected chi connectivity index (χ1v) is 8.09. The molecule has 0 saturated carbocycles. The molecule has 2 heterocycles. The van der Waals surface area contributed by atoms with Crippen molar-refractivity contribution in [2.75, 3.05) is 32.7 Å². The van der Waals surface area contributed by atoms with Crippen LogP contribution in [0.3, 0.4) is 0 Å². The Hall–Kier alpha value is -1.39. The van der Waals surface area contributed by atoms with Gasteiger partial charge in [-0.1, -0.05) is 30.3 Å². The zero-order valence-corrected chi connectivity index (χ0v) is 12.6. The van der Waals surface area contributed by atoms with Crippen molar-refractivity contribution in [3.05, 3.63) is 35.9 Å². The third kappa shape index (κ3) is 4.05. The van der Waals surface area contributed by atoms with Crippen LogP contribution in [0, 0.1) is 0 Å². The quantitative estimate of drug-likeness (QED) is 0.911. The molecular formula is C17H25N3O. The molecule has 2 aliphatic heterocycles. The van der Waals surface area contributed by atoms with Crippen LogP contribution < -0.4 is 5.32 Å². The molecule has 114 valence electrons. The molecule has 1 aromatic rings. The SMILES string of the molecule is O=C(CC1CCCN1)N1CCN(Cc2ccccc2)CC1. The highest BCUT2D eigenvalue weighted by Gasteiger charge is 2.24. The molecule has 0 aromatic heterocycles. The summed E-state index contributed by atoms with van der Waals surface area (Å²) in [6.45, 7) is 5.78. The molecule has 1 N–H and O–H groups in total. The fraction of sp³-hybridized carbons (Fsp3) is 0.588. The number of carbonyl (C=O) groups is 1. The Morgan fingerprint density at radius 2 is 1.90 bits per heavy atom. The summed E-state index contributed by atoms with van der Waals surface area (Å²) in [6.07, 6.45) is 3.04. The molecule has 0 radical (unpaired) electrons. The Bertz CT molecular complexity index is 448. The predicted octanol–water partition coefficient (Wildman–Crippen LogP) is 1.47. The van der Waals surface area contributed by atoms with Crippen molar-refractivity contribution in [3.63, 3.8) is 0 Å². The van der Waals surface area contributed by atoms with Crippen LogP contribution >= 0.6 is 0 Å². The van der Waals surface area contributed by atoms with Gasteiger partial charge in [-0.2, -0.15) is 0 Å². The highest BCUT2D eigenvalue weighted by Crippen LogP contribution is 2.13. The standard InChI is InChI=1S/C17H25N3O/c21-17(13-16-7-4-8-18-16)20-11-9-19(10-12-20)14-15-5-2-1-3-6-15/h1-3,5-6,16,18H,4,7-14H2. The number of carbonyl (C=O) groups excluding carboxylic acids is 1. The first-order valence-electron chi connectivity index (χ1n) is 8.09. The van der Waals surface area contributed by atoms with Crippen LogP contribution in [-0.4, -0.2) is 54.5 Å². The topological polar surface area (TPSA) is 35.6 Å². The van der Waals surface area contributed by atoms with E-state index in [1.165, 1.54) is 12.0 Å². The summed E-state index contributed by atoms with van der Waals surface area (Å²) in [5.41, 5.74) is 1.35. The highest BCUT2D eigenvalue weighted by atomic mass is 16.2. The number of hydrogen-bond acceptors (Lipinski definition) is 3. The second-order valence-electron chi connectivity index (χ2n) is 6.14. The third-order valence-corrected chi connectivity index (χ3v) is 4.56. The lowest BCUT2D eigenvalue weighted by Crippen LogP contribution is -2.49. The van der Waals surface area contributed by atoms with Crippen LogP contribution in [0.25, 0.3) is 0 Å². The Morgan fingerprint density at radius 1 is 1.14 bits per heavy atom. The van der Waals surface area contributed by atoms with E-state index in [0.717, 1.165) is 45.7 Å². The molecule has 2 fully saturated rings. The van der Waals surface area contributed by atoms with Gasteiger partial charge in [0.2, 0.25) is 5.91 Å². The van der Waals surface area contributed by atoms with Gasteiger partial charge in [0.15, 0.2) is 0 Å². The number of hydrogen-bond donors (Lipinski definition) is 1. The van der Waals surface area contributed by atoms with Gasteiger partial charge in [0.25, 0.3) is 0 Å². The molecule has 2 aliphatic rings. The van der Waals surface area contributed by atoms with Gasteiger partial charge in [0.05, 0.1) is 0 Å². The summed E-state index contributed by atoms with van der Waals surface area (Å²) < 4.78 is 0. The zero-order valence-electron chi connectivity index (χ0n) is 12.6. The van der Waals surface area contributed by atoms with Gasteiger partial charge in [-0.05, 0) is 24.9 Å². The van der Waals surface area contributed by atoms with E-state index in [-0.39, 0.29) is 0 Å². The van der Waals surface area contributed by atoms with Crippen LogP contribution in [0.2, 0.25) is 0 Å². The van der Waals surface area contributed by atoms with Crippen molar-refractivity contribution in [2.45, 2.75) is 31.8 Å². The van der Waals surface area contributed by atoms with Gasteiger partial charge < -0.3 is 10.2 Å². The van der Waals surface area contributed by atoms with Crippen molar-refractivity contribution in [1.82, 2.24) is 15.1 Å². The van der Waals surface area contributed by atoms with E-state index in [1.807, 2.05) is 4.90 Å².